The van der Waals surface area contributed by atoms with E-state index in [4.69, 9.17) is 0 Å². The maximum absolute atomic E-state index is 4.69. The molecule has 0 aliphatic carbocycles. The minimum Gasteiger partial charge on any atom is -0.310 e. The zero-order chi connectivity index (χ0) is 8.23. The first-order chi connectivity index (χ1) is 5.97. The lowest BCUT2D eigenvalue weighted by Gasteiger charge is -2.09. The van der Waals surface area contributed by atoms with Gasteiger partial charge in [0, 0.05) is 14.1 Å². The van der Waals surface area contributed by atoms with E-state index in [1.165, 1.54) is 37.8 Å². The van der Waals surface area contributed by atoms with Crippen LogP contribution in [0.15, 0.2) is 17.9 Å². The molecule has 3 heteroatoms. The summed E-state index contributed by atoms with van der Waals surface area (Å²) in [6.45, 7) is 0. The van der Waals surface area contributed by atoms with Crippen molar-refractivity contribution < 1.29 is 0 Å². The van der Waals surface area contributed by atoms with Crippen LogP contribution in [-0.4, -0.2) is 20.6 Å². The lowest BCUT2D eigenvalue weighted by Crippen LogP contribution is -2.23. The van der Waals surface area contributed by atoms with E-state index in [1.54, 1.807) is 0 Å². The highest BCUT2D eigenvalue weighted by Gasteiger charge is 2.07. The van der Waals surface area contributed by atoms with Crippen LogP contribution in [0, 0.1) is 0 Å². The largest absolute Gasteiger partial charge is 0.310 e. The van der Waals surface area contributed by atoms with Crippen LogP contribution in [0.1, 0.15) is 25.7 Å². The smallest absolute Gasteiger partial charge is 0.133 e. The molecule has 0 unspecified atom stereocenters. The van der Waals surface area contributed by atoms with Crippen molar-refractivity contribution in [2.75, 3.05) is 0 Å². The van der Waals surface area contributed by atoms with Gasteiger partial charge in [0.2, 0.25) is 0 Å². The monoisotopic (exact) mass is 193 g/mol. The first-order valence-electron chi connectivity index (χ1n) is 4.89. The van der Waals surface area contributed by atoms with Gasteiger partial charge in [-0.05, 0) is 18.2 Å². The number of rotatable bonds is 0. The summed E-state index contributed by atoms with van der Waals surface area (Å²) < 4.78 is 4.69. The zero-order valence-corrected chi connectivity index (χ0v) is 9.42. The van der Waals surface area contributed by atoms with Crippen molar-refractivity contribution in [3.8, 4) is 0 Å². The average Bonchev–Trinajstić information content (AvgIpc) is 2.06. The molecule has 12 heavy (non-hydrogen) atoms. The highest BCUT2D eigenvalue weighted by Crippen LogP contribution is 2.06. The molecule has 0 radical (unpaired) electrons. The third-order valence-corrected chi connectivity index (χ3v) is 10.7. The van der Waals surface area contributed by atoms with E-state index in [2.05, 4.69) is 16.4 Å². The normalized spacial score (nSPS) is 17.7. The van der Waals surface area contributed by atoms with Crippen LogP contribution in [0.2, 0.25) is 0 Å². The van der Waals surface area contributed by atoms with Gasteiger partial charge in [0.15, 0.2) is 0 Å². The minimum absolute atomic E-state index is 0.125. The topological polar surface area (TPSA) is 12.9 Å². The lowest BCUT2D eigenvalue weighted by atomic mass is 10.2. The Labute approximate surface area is 76.8 Å². The fraction of sp³-hybridized carbons (Fsp3) is 0.667. The summed E-state index contributed by atoms with van der Waals surface area (Å²) in [5.74, 6) is 0. The van der Waals surface area contributed by atoms with Crippen molar-refractivity contribution in [1.29, 1.82) is 0 Å². The quantitative estimate of drug-likeness (QED) is 0.572. The van der Waals surface area contributed by atoms with E-state index in [1.807, 2.05) is 6.20 Å². The van der Waals surface area contributed by atoms with Crippen molar-refractivity contribution in [2.45, 2.75) is 37.8 Å². The number of hydrogen-bond acceptors (Lipinski definition) is 1. The number of nitrogens with zero attached hydrogens (tertiary/aromatic N) is 1. The molecular formula is C9H15NSi2. The summed E-state index contributed by atoms with van der Waals surface area (Å²) in [6.07, 6.45) is 7.91. The van der Waals surface area contributed by atoms with Gasteiger partial charge < -0.3 is 4.64 Å². The number of hydrogen-bond donors (Lipinski definition) is 0. The first kappa shape index (κ1) is 8.44. The first-order valence-corrected chi connectivity index (χ1v) is 9.33. The molecular weight excluding hydrogens is 178 g/mol. The van der Waals surface area contributed by atoms with Crippen LogP contribution in [0.3, 0.4) is 0 Å². The molecule has 2 rings (SSSR count). The molecule has 0 bridgehead atoms. The van der Waals surface area contributed by atoms with E-state index in [9.17, 15) is 0 Å². The summed E-state index contributed by atoms with van der Waals surface area (Å²) in [7, 11) is -0.390. The summed E-state index contributed by atoms with van der Waals surface area (Å²) in [5.41, 5.74) is 2.50. The molecule has 0 fully saturated rings. The van der Waals surface area contributed by atoms with E-state index >= 15 is 0 Å². The molecule has 0 saturated carbocycles. The van der Waals surface area contributed by atoms with Crippen molar-refractivity contribution in [2.24, 2.45) is 0 Å². The van der Waals surface area contributed by atoms with Gasteiger partial charge in [-0.3, -0.25) is 0 Å². The van der Waals surface area contributed by atoms with Gasteiger partial charge in [-0.2, -0.15) is 0 Å². The van der Waals surface area contributed by atoms with Crippen molar-refractivity contribution >= 4 is 16.0 Å². The van der Waals surface area contributed by atoms with Gasteiger partial charge in [-0.15, -0.1) is 0 Å². The predicted octanol–water partition coefficient (Wildman–Crippen LogP) is 1.71. The van der Waals surface area contributed by atoms with Crippen LogP contribution >= 0.6 is 0 Å². The highest BCUT2D eigenvalue weighted by molar-refractivity contribution is 6.98. The van der Waals surface area contributed by atoms with Gasteiger partial charge in [-0.25, -0.2) is 0 Å². The van der Waals surface area contributed by atoms with Crippen molar-refractivity contribution in [3.63, 3.8) is 0 Å². The Bertz CT molecular complexity index is 235. The van der Waals surface area contributed by atoms with Crippen LogP contribution in [-0.2, 0) is 12.1 Å². The van der Waals surface area contributed by atoms with Crippen molar-refractivity contribution in [1.82, 2.24) is 4.64 Å². The number of aryl methyl sites for hydroxylation is 2. The van der Waals surface area contributed by atoms with Gasteiger partial charge in [0.25, 0.3) is 0 Å². The van der Waals surface area contributed by atoms with E-state index in [0.717, 1.165) is 0 Å². The SMILES string of the molecule is c1cn[si]2[si](c1)CCCCCC2. The van der Waals surface area contributed by atoms with Crippen LogP contribution < -0.4 is 0 Å². The maximum atomic E-state index is 4.69. The molecule has 0 amide bonds. The zero-order valence-electron chi connectivity index (χ0n) is 7.42. The molecule has 64 valence electrons. The Kier molecular flexibility index (Phi) is 2.94. The molecule has 1 aliphatic rings. The molecule has 1 aromatic heterocycles. The summed E-state index contributed by atoms with van der Waals surface area (Å²) >= 11 is 0. The molecule has 0 spiro atoms. The van der Waals surface area contributed by atoms with Gasteiger partial charge >= 0.3 is 0 Å². The second-order valence-electron chi connectivity index (χ2n) is 3.52. The minimum atomic E-state index is -0.264. The average molecular weight is 193 g/mol. The molecule has 1 aliphatic heterocycles. The molecule has 0 aromatic carbocycles. The third-order valence-electron chi connectivity index (χ3n) is 2.59. The molecule has 2 heterocycles. The van der Waals surface area contributed by atoms with Crippen LogP contribution in [0.25, 0.3) is 0 Å². The molecule has 1 aromatic rings. The molecule has 0 saturated heterocycles. The van der Waals surface area contributed by atoms with Crippen LogP contribution in [0.4, 0.5) is 0 Å². The summed E-state index contributed by atoms with van der Waals surface area (Å²) in [6, 6.07) is 5.15. The highest BCUT2D eigenvalue weighted by atomic mass is 29.0. The number of aromatic nitrogens is 1. The Morgan fingerprint density at radius 1 is 1.00 bits per heavy atom. The van der Waals surface area contributed by atoms with Gasteiger partial charge in [-0.1, -0.05) is 31.4 Å². The van der Waals surface area contributed by atoms with E-state index in [-0.39, 0.29) is 16.0 Å². The third kappa shape index (κ3) is 1.96. The lowest BCUT2D eigenvalue weighted by molar-refractivity contribution is 0.668. The fourth-order valence-electron chi connectivity index (χ4n) is 1.89. The Hall–Kier alpha value is -0.156. The second-order valence-corrected chi connectivity index (χ2v) is 10.7. The fourth-order valence-corrected chi connectivity index (χ4v) is 9.43. The Balaban J connectivity index is 2.24. The van der Waals surface area contributed by atoms with Crippen molar-refractivity contribution in [3.05, 3.63) is 17.9 Å². The standard InChI is InChI=1S/C9H15NSi2/c1-2-4-9-12-10-6-5-8-11(12)7-3-1/h5-6,8H,1-4,7,9H2. The maximum Gasteiger partial charge on any atom is 0.133 e. The Morgan fingerprint density at radius 3 is 2.75 bits per heavy atom. The van der Waals surface area contributed by atoms with Gasteiger partial charge in [0.05, 0.1) is 0 Å². The summed E-state index contributed by atoms with van der Waals surface area (Å²) in [4.78, 5) is 0. The Morgan fingerprint density at radius 2 is 1.83 bits per heavy atom. The molecule has 0 atom stereocenters. The molecule has 1 nitrogen and oxygen atoms in total. The van der Waals surface area contributed by atoms with E-state index < -0.39 is 0 Å². The van der Waals surface area contributed by atoms with Gasteiger partial charge in [0.1, 0.15) is 8.07 Å². The number of fused-ring (bicyclic) bond motifs is 1. The summed E-state index contributed by atoms with van der Waals surface area (Å²) in [5, 5.41) is 0. The second kappa shape index (κ2) is 4.19. The van der Waals surface area contributed by atoms with Crippen LogP contribution in [0.5, 0.6) is 0 Å². The molecule has 0 N–H and O–H groups in total. The predicted molar refractivity (Wildman–Crippen MR) is 54.6 cm³/mol. The van der Waals surface area contributed by atoms with E-state index in [0.29, 0.717) is 0 Å².